The minimum absolute atomic E-state index is 0.0534. The van der Waals surface area contributed by atoms with Gasteiger partial charge in [0.05, 0.1) is 18.8 Å². The number of aliphatic hydroxyl groups is 1. The average Bonchev–Trinajstić information content (AvgIpc) is 2.70. The molecule has 0 amide bonds. The maximum Gasteiger partial charge on any atom is 0.271 e. The van der Waals surface area contributed by atoms with Crippen LogP contribution in [0.3, 0.4) is 0 Å². The van der Waals surface area contributed by atoms with Crippen LogP contribution in [0.15, 0.2) is 22.7 Å². The van der Waals surface area contributed by atoms with Crippen molar-refractivity contribution in [1.29, 1.82) is 0 Å². The van der Waals surface area contributed by atoms with Gasteiger partial charge in [-0.1, -0.05) is 15.9 Å². The van der Waals surface area contributed by atoms with E-state index < -0.39 is 35.9 Å². The van der Waals surface area contributed by atoms with Crippen molar-refractivity contribution in [3.63, 3.8) is 0 Å². The molecule has 3 nitrogen and oxygen atoms in total. The summed E-state index contributed by atoms with van der Waals surface area (Å²) in [5.41, 5.74) is 4.67. The van der Waals surface area contributed by atoms with Crippen LogP contribution in [-0.4, -0.2) is 30.3 Å². The first-order chi connectivity index (χ1) is 9.20. The molecule has 0 aromatic heterocycles. The minimum atomic E-state index is -3.17. The summed E-state index contributed by atoms with van der Waals surface area (Å²) in [6.45, 7) is -0.195. The third-order valence-corrected chi connectivity index (χ3v) is 4.15. The molecule has 0 aliphatic carbocycles. The Bertz CT molecular complexity index is 509. The molecule has 1 heterocycles. The van der Waals surface area contributed by atoms with E-state index in [9.17, 15) is 18.3 Å². The summed E-state index contributed by atoms with van der Waals surface area (Å²) in [6.07, 6.45) is -1.55. The highest BCUT2D eigenvalue weighted by atomic mass is 79.9. The highest BCUT2D eigenvalue weighted by Crippen LogP contribution is 2.43. The first-order valence-electron chi connectivity index (χ1n) is 6.05. The van der Waals surface area contributed by atoms with E-state index in [0.717, 1.165) is 0 Å². The average molecular weight is 354 g/mol. The summed E-state index contributed by atoms with van der Waals surface area (Å²) < 4.78 is 46.6. The lowest BCUT2D eigenvalue weighted by Crippen LogP contribution is -2.50. The lowest BCUT2D eigenvalue weighted by atomic mass is 9.77. The molecule has 1 fully saturated rings. The van der Waals surface area contributed by atoms with Crippen LogP contribution in [0.4, 0.5) is 13.2 Å². The van der Waals surface area contributed by atoms with Gasteiger partial charge in [-0.2, -0.15) is 0 Å². The van der Waals surface area contributed by atoms with Crippen LogP contribution >= 0.6 is 15.9 Å². The molecule has 1 aliphatic heterocycles. The van der Waals surface area contributed by atoms with Crippen LogP contribution < -0.4 is 5.73 Å². The van der Waals surface area contributed by atoms with E-state index in [0.29, 0.717) is 11.4 Å². The number of hydrogen-bond acceptors (Lipinski definition) is 3. The Kier molecular flexibility index (Phi) is 4.17. The van der Waals surface area contributed by atoms with Gasteiger partial charge in [0.25, 0.3) is 5.92 Å². The molecule has 3 N–H and O–H groups in total. The van der Waals surface area contributed by atoms with Crippen molar-refractivity contribution in [2.75, 3.05) is 13.2 Å². The van der Waals surface area contributed by atoms with Gasteiger partial charge < -0.3 is 15.6 Å². The summed E-state index contributed by atoms with van der Waals surface area (Å²) in [5.74, 6) is -4.87. The molecule has 0 radical (unpaired) electrons. The third-order valence-electron chi connectivity index (χ3n) is 3.65. The van der Waals surface area contributed by atoms with Crippen LogP contribution in [0.1, 0.15) is 12.5 Å². The first kappa shape index (κ1) is 15.8. The molecule has 7 heteroatoms. The van der Waals surface area contributed by atoms with Gasteiger partial charge in [-0.3, -0.25) is 0 Å². The molecular formula is C13H15BrF3NO2. The standard InChI is InChI=1S/C13H15BrF3NO2/c1-12(16,17)11-9(5-19)13(18,6-20-11)8-4-7(14)2-3-10(8)15/h2-4,9,11,19H,5-6,18H2,1H3/t9-,11+,13-/m1/s1. The van der Waals surface area contributed by atoms with E-state index in [1.807, 2.05) is 0 Å². The summed E-state index contributed by atoms with van der Waals surface area (Å²) in [7, 11) is 0. The second-order valence-corrected chi connectivity index (χ2v) is 6.06. The quantitative estimate of drug-likeness (QED) is 0.877. The Morgan fingerprint density at radius 2 is 2.20 bits per heavy atom. The fourth-order valence-electron chi connectivity index (χ4n) is 2.61. The van der Waals surface area contributed by atoms with Crippen LogP contribution in [0, 0.1) is 11.7 Å². The number of nitrogens with two attached hydrogens (primary N) is 1. The summed E-state index contributed by atoms with van der Waals surface area (Å²) >= 11 is 3.19. The zero-order chi connectivity index (χ0) is 15.1. The Labute approximate surface area is 123 Å². The SMILES string of the molecule is CC(F)(F)[C@H]1OC[C@@](N)(c2cc(Br)ccc2F)[C@@H]1CO. The number of aliphatic hydroxyl groups excluding tert-OH is 1. The summed E-state index contributed by atoms with van der Waals surface area (Å²) in [4.78, 5) is 0. The predicted octanol–water partition coefficient (Wildman–Crippen LogP) is 2.40. The summed E-state index contributed by atoms with van der Waals surface area (Å²) in [6, 6.07) is 4.11. The number of ether oxygens (including phenoxy) is 1. The molecule has 0 bridgehead atoms. The molecule has 112 valence electrons. The lowest BCUT2D eigenvalue weighted by molar-refractivity contribution is -0.121. The van der Waals surface area contributed by atoms with E-state index in [4.69, 9.17) is 10.5 Å². The van der Waals surface area contributed by atoms with Crippen molar-refractivity contribution in [2.45, 2.75) is 24.5 Å². The maximum absolute atomic E-state index is 14.0. The van der Waals surface area contributed by atoms with E-state index >= 15 is 0 Å². The van der Waals surface area contributed by atoms with Crippen molar-refractivity contribution in [2.24, 2.45) is 11.7 Å². The van der Waals surface area contributed by atoms with E-state index in [-0.39, 0.29) is 12.2 Å². The fraction of sp³-hybridized carbons (Fsp3) is 0.538. The normalized spacial score (nSPS) is 30.8. The Morgan fingerprint density at radius 3 is 2.75 bits per heavy atom. The molecule has 1 aromatic carbocycles. The van der Waals surface area contributed by atoms with Crippen LogP contribution in [0.25, 0.3) is 0 Å². The molecule has 20 heavy (non-hydrogen) atoms. The van der Waals surface area contributed by atoms with Crippen molar-refractivity contribution in [1.82, 2.24) is 0 Å². The molecular weight excluding hydrogens is 339 g/mol. The molecule has 0 unspecified atom stereocenters. The highest BCUT2D eigenvalue weighted by molar-refractivity contribution is 9.10. The third kappa shape index (κ3) is 2.59. The van der Waals surface area contributed by atoms with Crippen molar-refractivity contribution >= 4 is 15.9 Å². The number of hydrogen-bond donors (Lipinski definition) is 2. The van der Waals surface area contributed by atoms with Crippen molar-refractivity contribution < 1.29 is 23.0 Å². The van der Waals surface area contributed by atoms with E-state index in [1.165, 1.54) is 18.2 Å². The molecule has 1 aliphatic rings. The first-order valence-corrected chi connectivity index (χ1v) is 6.84. The Balaban J connectivity index is 2.46. The molecule has 1 saturated heterocycles. The monoisotopic (exact) mass is 353 g/mol. The number of alkyl halides is 2. The van der Waals surface area contributed by atoms with Gasteiger partial charge in [0.1, 0.15) is 11.9 Å². The van der Waals surface area contributed by atoms with Gasteiger partial charge >= 0.3 is 0 Å². The second-order valence-electron chi connectivity index (χ2n) is 5.14. The largest absolute Gasteiger partial charge is 0.396 e. The second kappa shape index (κ2) is 5.29. The van der Waals surface area contributed by atoms with Crippen molar-refractivity contribution in [3.05, 3.63) is 34.1 Å². The van der Waals surface area contributed by atoms with Crippen molar-refractivity contribution in [3.8, 4) is 0 Å². The number of halogens is 4. The molecule has 3 atom stereocenters. The van der Waals surface area contributed by atoms with Gasteiger partial charge in [-0.15, -0.1) is 0 Å². The fourth-order valence-corrected chi connectivity index (χ4v) is 2.97. The van der Waals surface area contributed by atoms with Crippen LogP contribution in [-0.2, 0) is 10.3 Å². The Morgan fingerprint density at radius 1 is 1.55 bits per heavy atom. The smallest absolute Gasteiger partial charge is 0.271 e. The zero-order valence-electron chi connectivity index (χ0n) is 10.7. The molecule has 2 rings (SSSR count). The highest BCUT2D eigenvalue weighted by Gasteiger charge is 2.56. The predicted molar refractivity (Wildman–Crippen MR) is 70.9 cm³/mol. The topological polar surface area (TPSA) is 55.5 Å². The minimum Gasteiger partial charge on any atom is -0.396 e. The van der Waals surface area contributed by atoms with Gasteiger partial charge in [-0.05, 0) is 18.2 Å². The van der Waals surface area contributed by atoms with E-state index in [2.05, 4.69) is 15.9 Å². The number of rotatable bonds is 3. The van der Waals surface area contributed by atoms with Crippen LogP contribution in [0.5, 0.6) is 0 Å². The van der Waals surface area contributed by atoms with Crippen LogP contribution in [0.2, 0.25) is 0 Å². The van der Waals surface area contributed by atoms with Gasteiger partial charge in [0, 0.05) is 22.9 Å². The Hall–Kier alpha value is -0.630. The van der Waals surface area contributed by atoms with E-state index in [1.54, 1.807) is 0 Å². The van der Waals surface area contributed by atoms with Gasteiger partial charge in [0.2, 0.25) is 0 Å². The van der Waals surface area contributed by atoms with Gasteiger partial charge in [-0.25, -0.2) is 13.2 Å². The van der Waals surface area contributed by atoms with Gasteiger partial charge in [0.15, 0.2) is 0 Å². The lowest BCUT2D eigenvalue weighted by Gasteiger charge is -2.32. The molecule has 0 saturated carbocycles. The summed E-state index contributed by atoms with van der Waals surface area (Å²) in [5, 5.41) is 9.43. The zero-order valence-corrected chi connectivity index (χ0v) is 12.3. The number of benzene rings is 1. The molecule has 1 aromatic rings. The maximum atomic E-state index is 14.0. The molecule has 0 spiro atoms.